The maximum absolute atomic E-state index is 13.6. The Bertz CT molecular complexity index is 1120. The average Bonchev–Trinajstić information content (AvgIpc) is 3.30. The zero-order chi connectivity index (χ0) is 26.5. The molecule has 2 aliphatic rings. The quantitative estimate of drug-likeness (QED) is 0.426. The third-order valence-corrected chi connectivity index (χ3v) is 7.96. The standard InChI is InChI=1S/C31H42ClN3O2/c1-5-23(4)28(31(37)35-13-12-25-19-26(32)10-11-30(25)35)20-27(36)21-33-14-16-34(17-15-33)29-9-7-6-8-24(29)18-22(2)3/h6-11,19,22,27,36H,5,12-18,20-21H2,1-4H3/b28-23-. The Morgan fingerprint density at radius 1 is 1.03 bits per heavy atom. The number of para-hydroxylation sites is 1. The largest absolute Gasteiger partial charge is 0.391 e. The van der Waals surface area contributed by atoms with E-state index < -0.39 is 6.10 Å². The van der Waals surface area contributed by atoms with E-state index >= 15 is 0 Å². The van der Waals surface area contributed by atoms with Crippen molar-refractivity contribution in [3.8, 4) is 0 Å². The van der Waals surface area contributed by atoms with Gasteiger partial charge in [-0.05, 0) is 67.5 Å². The first-order chi connectivity index (χ1) is 17.8. The van der Waals surface area contributed by atoms with Crippen molar-refractivity contribution in [2.75, 3.05) is 49.1 Å². The molecular formula is C31H42ClN3O2. The van der Waals surface area contributed by atoms with Gasteiger partial charge >= 0.3 is 0 Å². The molecule has 1 atom stereocenters. The number of aliphatic hydroxyl groups is 1. The Kier molecular flexibility index (Phi) is 9.33. The van der Waals surface area contributed by atoms with E-state index in [0.29, 0.717) is 30.5 Å². The highest BCUT2D eigenvalue weighted by Gasteiger charge is 2.29. The van der Waals surface area contributed by atoms with Gasteiger partial charge in [0.05, 0.1) is 6.10 Å². The number of hydrogen-bond donors (Lipinski definition) is 1. The van der Waals surface area contributed by atoms with Crippen LogP contribution in [0.25, 0.3) is 0 Å². The Morgan fingerprint density at radius 2 is 1.76 bits per heavy atom. The molecule has 4 rings (SSSR count). The number of anilines is 2. The minimum atomic E-state index is -0.576. The summed E-state index contributed by atoms with van der Waals surface area (Å²) in [5, 5.41) is 11.8. The summed E-state index contributed by atoms with van der Waals surface area (Å²) in [4.78, 5) is 20.3. The predicted octanol–water partition coefficient (Wildman–Crippen LogP) is 5.73. The average molecular weight is 524 g/mol. The van der Waals surface area contributed by atoms with Crippen LogP contribution in [0.1, 0.15) is 51.7 Å². The Hall–Kier alpha value is -2.34. The molecule has 2 aromatic carbocycles. The number of halogens is 1. The number of carbonyl (C=O) groups is 1. The molecule has 0 aromatic heterocycles. The van der Waals surface area contributed by atoms with Crippen LogP contribution in [0.4, 0.5) is 11.4 Å². The summed E-state index contributed by atoms with van der Waals surface area (Å²) in [7, 11) is 0. The molecule has 0 radical (unpaired) electrons. The number of benzene rings is 2. The third-order valence-electron chi connectivity index (χ3n) is 7.73. The van der Waals surface area contributed by atoms with Gasteiger partial charge < -0.3 is 14.9 Å². The molecule has 1 unspecified atom stereocenters. The van der Waals surface area contributed by atoms with Crippen LogP contribution >= 0.6 is 11.6 Å². The number of fused-ring (bicyclic) bond motifs is 1. The van der Waals surface area contributed by atoms with Gasteiger partial charge in [0.2, 0.25) is 0 Å². The highest BCUT2D eigenvalue weighted by atomic mass is 35.5. The maximum Gasteiger partial charge on any atom is 0.254 e. The summed E-state index contributed by atoms with van der Waals surface area (Å²) in [5.41, 5.74) is 6.62. The van der Waals surface area contributed by atoms with Gasteiger partial charge in [0.25, 0.3) is 5.91 Å². The Balaban J connectivity index is 1.36. The van der Waals surface area contributed by atoms with Crippen LogP contribution in [-0.2, 0) is 17.6 Å². The lowest BCUT2D eigenvalue weighted by Gasteiger charge is -2.38. The van der Waals surface area contributed by atoms with Crippen LogP contribution < -0.4 is 9.80 Å². The van der Waals surface area contributed by atoms with E-state index in [-0.39, 0.29) is 5.91 Å². The van der Waals surface area contributed by atoms with Crippen molar-refractivity contribution < 1.29 is 9.90 Å². The molecule has 0 bridgehead atoms. The number of rotatable bonds is 9. The summed E-state index contributed by atoms with van der Waals surface area (Å²) in [6, 6.07) is 14.5. The highest BCUT2D eigenvalue weighted by molar-refractivity contribution is 6.30. The Morgan fingerprint density at radius 3 is 2.46 bits per heavy atom. The molecule has 2 heterocycles. The van der Waals surface area contributed by atoms with Crippen LogP contribution in [-0.4, -0.2) is 61.3 Å². The molecule has 0 spiro atoms. The Labute approximate surface area is 227 Å². The lowest BCUT2D eigenvalue weighted by Crippen LogP contribution is -2.49. The molecule has 5 nitrogen and oxygen atoms in total. The zero-order valence-corrected chi connectivity index (χ0v) is 23.6. The van der Waals surface area contributed by atoms with Gasteiger partial charge in [0.15, 0.2) is 0 Å². The molecule has 37 heavy (non-hydrogen) atoms. The van der Waals surface area contributed by atoms with E-state index in [2.05, 4.69) is 54.8 Å². The first kappa shape index (κ1) is 27.7. The van der Waals surface area contributed by atoms with Gasteiger partial charge in [-0.3, -0.25) is 9.69 Å². The molecular weight excluding hydrogens is 482 g/mol. The van der Waals surface area contributed by atoms with E-state index in [1.54, 1.807) is 0 Å². The molecule has 6 heteroatoms. The van der Waals surface area contributed by atoms with Crippen LogP contribution in [0.15, 0.2) is 53.6 Å². The van der Waals surface area contributed by atoms with Crippen molar-refractivity contribution in [3.05, 3.63) is 69.8 Å². The molecule has 0 aliphatic carbocycles. The summed E-state index contributed by atoms with van der Waals surface area (Å²) >= 11 is 6.17. The second kappa shape index (κ2) is 12.5. The van der Waals surface area contributed by atoms with Crippen molar-refractivity contribution in [2.24, 2.45) is 5.92 Å². The second-order valence-corrected chi connectivity index (χ2v) is 11.4. The number of piperazine rings is 1. The third kappa shape index (κ3) is 6.76. The SMILES string of the molecule is CC/C(C)=C(/CC(O)CN1CCN(c2ccccc2CC(C)C)CC1)C(=O)N1CCc2cc(Cl)ccc21. The number of β-amino-alcohol motifs (C(OH)–C–C–N with tert-alkyl or cyclic N) is 1. The van der Waals surface area contributed by atoms with Gasteiger partial charge in [0.1, 0.15) is 0 Å². The normalized spacial score (nSPS) is 17.7. The van der Waals surface area contributed by atoms with Crippen LogP contribution in [0.5, 0.6) is 0 Å². The fourth-order valence-corrected chi connectivity index (χ4v) is 5.80. The van der Waals surface area contributed by atoms with Crippen molar-refractivity contribution in [2.45, 2.75) is 59.5 Å². The molecule has 1 amide bonds. The number of carbonyl (C=O) groups excluding carboxylic acids is 1. The number of aliphatic hydroxyl groups excluding tert-OH is 1. The van der Waals surface area contributed by atoms with Gasteiger partial charge in [-0.15, -0.1) is 0 Å². The van der Waals surface area contributed by atoms with Gasteiger partial charge in [-0.25, -0.2) is 0 Å². The van der Waals surface area contributed by atoms with Crippen LogP contribution in [0.3, 0.4) is 0 Å². The summed E-state index contributed by atoms with van der Waals surface area (Å²) in [5.74, 6) is 0.645. The molecule has 0 saturated carbocycles. The molecule has 1 saturated heterocycles. The fraction of sp³-hybridized carbons (Fsp3) is 0.516. The lowest BCUT2D eigenvalue weighted by molar-refractivity contribution is -0.115. The van der Waals surface area contributed by atoms with E-state index in [9.17, 15) is 9.90 Å². The zero-order valence-electron chi connectivity index (χ0n) is 22.8. The maximum atomic E-state index is 13.6. The van der Waals surface area contributed by atoms with E-state index in [4.69, 9.17) is 11.6 Å². The van der Waals surface area contributed by atoms with Crippen LogP contribution in [0, 0.1) is 5.92 Å². The number of amides is 1. The minimum Gasteiger partial charge on any atom is -0.391 e. The fourth-order valence-electron chi connectivity index (χ4n) is 5.60. The molecule has 200 valence electrons. The van der Waals surface area contributed by atoms with Crippen molar-refractivity contribution in [1.29, 1.82) is 0 Å². The smallest absolute Gasteiger partial charge is 0.254 e. The van der Waals surface area contributed by atoms with E-state index in [0.717, 1.165) is 67.8 Å². The molecule has 2 aliphatic heterocycles. The topological polar surface area (TPSA) is 47.0 Å². The lowest BCUT2D eigenvalue weighted by atomic mass is 9.98. The first-order valence-corrected chi connectivity index (χ1v) is 14.2. The van der Waals surface area contributed by atoms with Gasteiger partial charge in [-0.2, -0.15) is 0 Å². The number of nitrogens with zero attached hydrogens (tertiary/aromatic N) is 3. The molecule has 2 aromatic rings. The second-order valence-electron chi connectivity index (χ2n) is 11.0. The van der Waals surface area contributed by atoms with Gasteiger partial charge in [0, 0.05) is 67.7 Å². The van der Waals surface area contributed by atoms with E-state index in [1.807, 2.05) is 30.0 Å². The predicted molar refractivity (Wildman–Crippen MR) is 155 cm³/mol. The molecule has 1 N–H and O–H groups in total. The number of allylic oxidation sites excluding steroid dienone is 1. The molecule has 1 fully saturated rings. The van der Waals surface area contributed by atoms with Crippen LogP contribution in [0.2, 0.25) is 5.02 Å². The monoisotopic (exact) mass is 523 g/mol. The van der Waals surface area contributed by atoms with Crippen molar-refractivity contribution >= 4 is 28.9 Å². The summed E-state index contributed by atoms with van der Waals surface area (Å²) in [6.45, 7) is 13.6. The number of hydrogen-bond acceptors (Lipinski definition) is 4. The van der Waals surface area contributed by atoms with Crippen molar-refractivity contribution in [3.63, 3.8) is 0 Å². The van der Waals surface area contributed by atoms with Crippen molar-refractivity contribution in [1.82, 2.24) is 4.90 Å². The highest BCUT2D eigenvalue weighted by Crippen LogP contribution is 2.33. The summed E-state index contributed by atoms with van der Waals surface area (Å²) < 4.78 is 0. The van der Waals surface area contributed by atoms with E-state index in [1.165, 1.54) is 11.3 Å². The van der Waals surface area contributed by atoms with Gasteiger partial charge in [-0.1, -0.05) is 56.1 Å². The summed E-state index contributed by atoms with van der Waals surface area (Å²) in [6.07, 6.45) is 2.50. The first-order valence-electron chi connectivity index (χ1n) is 13.8. The minimum absolute atomic E-state index is 0.0195.